The van der Waals surface area contributed by atoms with Gasteiger partial charge in [-0.3, -0.25) is 14.9 Å². The molecule has 1 aliphatic rings. The van der Waals surface area contributed by atoms with Gasteiger partial charge in [0.1, 0.15) is 0 Å². The average Bonchev–Trinajstić information content (AvgIpc) is 2.99. The van der Waals surface area contributed by atoms with Crippen LogP contribution in [0.3, 0.4) is 0 Å². The summed E-state index contributed by atoms with van der Waals surface area (Å²) < 4.78 is 0. The second-order valence-corrected chi connectivity index (χ2v) is 5.45. The van der Waals surface area contributed by atoms with E-state index in [1.807, 2.05) is 0 Å². The minimum Gasteiger partial charge on any atom is -0.356 e. The number of nitro groups is 1. The number of benzene rings is 1. The van der Waals surface area contributed by atoms with Crippen LogP contribution in [0.4, 0.5) is 5.69 Å². The van der Waals surface area contributed by atoms with Gasteiger partial charge in [-0.2, -0.15) is 0 Å². The lowest BCUT2D eigenvalue weighted by Gasteiger charge is -2.14. The summed E-state index contributed by atoms with van der Waals surface area (Å²) in [5, 5.41) is 17.1. The Kier molecular flexibility index (Phi) is 5.27. The maximum absolute atomic E-state index is 12.1. The largest absolute Gasteiger partial charge is 0.356 e. The van der Waals surface area contributed by atoms with E-state index >= 15 is 0 Å². The molecule has 1 heterocycles. The lowest BCUT2D eigenvalue weighted by Crippen LogP contribution is -2.32. The lowest BCUT2D eigenvalue weighted by molar-refractivity contribution is -0.384. The molecule has 2 atom stereocenters. The van der Waals surface area contributed by atoms with E-state index in [4.69, 9.17) is 0 Å². The van der Waals surface area contributed by atoms with E-state index in [0.29, 0.717) is 18.2 Å². The highest BCUT2D eigenvalue weighted by Gasteiger charge is 2.18. The standard InChI is InChI=1S/C15H21N3O3/c1-11(12-4-2-6-14(10-12)18(20)21)15(19)17-9-7-13-5-3-8-16-13/h2,4,6,10-11,13,16H,3,5,7-9H2,1H3,(H,17,19)/t11?,13-/m0/s1. The fraction of sp³-hybridized carbons (Fsp3) is 0.533. The molecule has 0 spiro atoms. The van der Waals surface area contributed by atoms with Crippen molar-refractivity contribution in [1.82, 2.24) is 10.6 Å². The van der Waals surface area contributed by atoms with Crippen LogP contribution in [0.15, 0.2) is 24.3 Å². The van der Waals surface area contributed by atoms with E-state index in [9.17, 15) is 14.9 Å². The first kappa shape index (κ1) is 15.4. The molecule has 0 aliphatic carbocycles. The molecule has 2 rings (SSSR count). The van der Waals surface area contributed by atoms with E-state index < -0.39 is 4.92 Å². The van der Waals surface area contributed by atoms with Crippen LogP contribution < -0.4 is 10.6 Å². The topological polar surface area (TPSA) is 84.3 Å². The van der Waals surface area contributed by atoms with Gasteiger partial charge in [-0.1, -0.05) is 12.1 Å². The molecule has 0 saturated carbocycles. The number of carbonyl (C=O) groups excluding carboxylic acids is 1. The number of nitro benzene ring substituents is 1. The van der Waals surface area contributed by atoms with Crippen molar-refractivity contribution in [3.05, 3.63) is 39.9 Å². The molecule has 2 N–H and O–H groups in total. The monoisotopic (exact) mass is 291 g/mol. The Balaban J connectivity index is 1.86. The number of nitrogens with zero attached hydrogens (tertiary/aromatic N) is 1. The van der Waals surface area contributed by atoms with Crippen LogP contribution in [-0.2, 0) is 4.79 Å². The molecule has 0 radical (unpaired) electrons. The Morgan fingerprint density at radius 3 is 3.05 bits per heavy atom. The van der Waals surface area contributed by atoms with Gasteiger partial charge in [-0.05, 0) is 38.3 Å². The fourth-order valence-electron chi connectivity index (χ4n) is 2.58. The molecule has 1 fully saturated rings. The molecular weight excluding hydrogens is 270 g/mol. The van der Waals surface area contributed by atoms with Gasteiger partial charge in [0.15, 0.2) is 0 Å². The van der Waals surface area contributed by atoms with E-state index in [1.54, 1.807) is 19.1 Å². The summed E-state index contributed by atoms with van der Waals surface area (Å²) in [4.78, 5) is 22.4. The molecule has 1 aromatic rings. The second kappa shape index (κ2) is 7.17. The van der Waals surface area contributed by atoms with Crippen molar-refractivity contribution in [1.29, 1.82) is 0 Å². The molecule has 114 valence electrons. The van der Waals surface area contributed by atoms with Crippen LogP contribution in [0, 0.1) is 10.1 Å². The van der Waals surface area contributed by atoms with Crippen LogP contribution in [0.5, 0.6) is 0 Å². The molecule has 6 heteroatoms. The number of amides is 1. The van der Waals surface area contributed by atoms with Gasteiger partial charge in [0.2, 0.25) is 5.91 Å². The third-order valence-corrected chi connectivity index (χ3v) is 3.93. The van der Waals surface area contributed by atoms with Crippen LogP contribution in [0.2, 0.25) is 0 Å². The Bertz CT molecular complexity index is 513. The maximum atomic E-state index is 12.1. The van der Waals surface area contributed by atoms with Gasteiger partial charge in [-0.15, -0.1) is 0 Å². The zero-order valence-corrected chi connectivity index (χ0v) is 12.2. The molecular formula is C15H21N3O3. The number of carbonyl (C=O) groups is 1. The molecule has 0 bridgehead atoms. The first-order valence-electron chi connectivity index (χ1n) is 7.33. The van der Waals surface area contributed by atoms with Crippen LogP contribution in [-0.4, -0.2) is 30.0 Å². The van der Waals surface area contributed by atoms with Gasteiger partial charge in [-0.25, -0.2) is 0 Å². The molecule has 0 aromatic heterocycles. The number of rotatable bonds is 6. The van der Waals surface area contributed by atoms with E-state index in [2.05, 4.69) is 10.6 Å². The van der Waals surface area contributed by atoms with Gasteiger partial charge in [0.05, 0.1) is 10.8 Å². The van der Waals surface area contributed by atoms with E-state index in [-0.39, 0.29) is 17.5 Å². The smallest absolute Gasteiger partial charge is 0.269 e. The molecule has 1 amide bonds. The molecule has 1 saturated heterocycles. The Morgan fingerprint density at radius 1 is 1.57 bits per heavy atom. The second-order valence-electron chi connectivity index (χ2n) is 5.45. The van der Waals surface area contributed by atoms with Crippen LogP contribution >= 0.6 is 0 Å². The lowest BCUT2D eigenvalue weighted by atomic mass is 9.99. The van der Waals surface area contributed by atoms with E-state index in [1.165, 1.54) is 18.6 Å². The minimum atomic E-state index is -0.445. The summed E-state index contributed by atoms with van der Waals surface area (Å²) in [6.07, 6.45) is 3.28. The Labute approximate surface area is 124 Å². The van der Waals surface area contributed by atoms with Crippen molar-refractivity contribution >= 4 is 11.6 Å². The highest BCUT2D eigenvalue weighted by atomic mass is 16.6. The van der Waals surface area contributed by atoms with Crippen LogP contribution in [0.25, 0.3) is 0 Å². The Morgan fingerprint density at radius 2 is 2.38 bits per heavy atom. The third-order valence-electron chi connectivity index (χ3n) is 3.93. The predicted molar refractivity (Wildman–Crippen MR) is 80.2 cm³/mol. The van der Waals surface area contributed by atoms with Crippen molar-refractivity contribution in [3.8, 4) is 0 Å². The molecule has 1 unspecified atom stereocenters. The third kappa shape index (κ3) is 4.26. The van der Waals surface area contributed by atoms with Crippen molar-refractivity contribution < 1.29 is 9.72 Å². The van der Waals surface area contributed by atoms with Gasteiger partial charge in [0, 0.05) is 24.7 Å². The van der Waals surface area contributed by atoms with Gasteiger partial charge < -0.3 is 10.6 Å². The number of nitrogens with one attached hydrogen (secondary N) is 2. The summed E-state index contributed by atoms with van der Waals surface area (Å²) in [5.41, 5.74) is 0.683. The molecule has 1 aromatic carbocycles. The summed E-state index contributed by atoms with van der Waals surface area (Å²) in [7, 11) is 0. The molecule has 6 nitrogen and oxygen atoms in total. The number of hydrogen-bond donors (Lipinski definition) is 2. The maximum Gasteiger partial charge on any atom is 0.269 e. The number of hydrogen-bond acceptors (Lipinski definition) is 4. The highest BCUT2D eigenvalue weighted by Crippen LogP contribution is 2.20. The zero-order chi connectivity index (χ0) is 15.2. The first-order chi connectivity index (χ1) is 10.1. The summed E-state index contributed by atoms with van der Waals surface area (Å²) in [5.74, 6) is -0.477. The van der Waals surface area contributed by atoms with Crippen molar-refractivity contribution in [2.45, 2.75) is 38.1 Å². The van der Waals surface area contributed by atoms with Crippen molar-refractivity contribution in [2.75, 3.05) is 13.1 Å². The van der Waals surface area contributed by atoms with Crippen LogP contribution in [0.1, 0.15) is 37.7 Å². The summed E-state index contributed by atoms with van der Waals surface area (Å²) >= 11 is 0. The quantitative estimate of drug-likeness (QED) is 0.620. The van der Waals surface area contributed by atoms with E-state index in [0.717, 1.165) is 19.4 Å². The predicted octanol–water partition coefficient (Wildman–Crippen LogP) is 1.96. The summed E-state index contributed by atoms with van der Waals surface area (Å²) in [6.45, 7) is 3.46. The fourth-order valence-corrected chi connectivity index (χ4v) is 2.58. The normalized spacial score (nSPS) is 19.2. The SMILES string of the molecule is CC(C(=O)NCC[C@@H]1CCCN1)c1cccc([N+](=O)[O-])c1. The van der Waals surface area contributed by atoms with Crippen molar-refractivity contribution in [3.63, 3.8) is 0 Å². The Hall–Kier alpha value is -1.95. The van der Waals surface area contributed by atoms with Gasteiger partial charge in [0.25, 0.3) is 5.69 Å². The summed E-state index contributed by atoms with van der Waals surface area (Å²) in [6, 6.07) is 6.75. The van der Waals surface area contributed by atoms with Gasteiger partial charge >= 0.3 is 0 Å². The number of non-ortho nitro benzene ring substituents is 1. The molecule has 21 heavy (non-hydrogen) atoms. The first-order valence-corrected chi connectivity index (χ1v) is 7.33. The molecule has 1 aliphatic heterocycles. The zero-order valence-electron chi connectivity index (χ0n) is 12.2. The van der Waals surface area contributed by atoms with Crippen molar-refractivity contribution in [2.24, 2.45) is 0 Å². The highest BCUT2D eigenvalue weighted by molar-refractivity contribution is 5.83. The average molecular weight is 291 g/mol. The minimum absolute atomic E-state index is 0.0160.